The number of aromatic carboxylic acids is 1. The monoisotopic (exact) mass is 1390 g/mol. The highest BCUT2D eigenvalue weighted by molar-refractivity contribution is 14.1. The quantitative estimate of drug-likeness (QED) is 0.0380. The van der Waals surface area contributed by atoms with Gasteiger partial charge in [0.05, 0.1) is 29.8 Å². The van der Waals surface area contributed by atoms with Crippen LogP contribution in [-0.2, 0) is 29.2 Å². The highest BCUT2D eigenvalue weighted by atomic mass is 127. The van der Waals surface area contributed by atoms with Crippen LogP contribution in [0.5, 0.6) is 0 Å². The summed E-state index contributed by atoms with van der Waals surface area (Å²) in [6, 6.07) is 29.2. The molecule has 6 aliphatic heterocycles. The van der Waals surface area contributed by atoms with Crippen molar-refractivity contribution in [3.05, 3.63) is 164 Å². The third-order valence-corrected chi connectivity index (χ3v) is 15.0. The highest BCUT2D eigenvalue weighted by Gasteiger charge is 2.49. The van der Waals surface area contributed by atoms with Crippen molar-refractivity contribution >= 4 is 139 Å². The molecule has 20 nitrogen and oxygen atoms in total. The van der Waals surface area contributed by atoms with Crippen LogP contribution in [0.15, 0.2) is 108 Å². The molecular formula is C53H41I3N8O12S. The molecule has 0 aromatic heterocycles. The lowest BCUT2D eigenvalue weighted by molar-refractivity contribution is -0.123. The Hall–Kier alpha value is -7.38. The average Bonchev–Trinajstić information content (AvgIpc) is 4.23. The molecule has 5 aromatic carbocycles. The zero-order valence-electron chi connectivity index (χ0n) is 40.1. The maximum absolute atomic E-state index is 12.5. The van der Waals surface area contributed by atoms with Crippen LogP contribution in [0.1, 0.15) is 78.8 Å². The second-order valence-electron chi connectivity index (χ2n) is 17.1. The molecule has 24 heteroatoms. The van der Waals surface area contributed by atoms with Crippen molar-refractivity contribution in [2.24, 2.45) is 0 Å². The minimum Gasteiger partial charge on any atom is -0.478 e. The summed E-state index contributed by atoms with van der Waals surface area (Å²) < 4.78 is 3.01. The van der Waals surface area contributed by atoms with Crippen LogP contribution in [0, 0.1) is 35.4 Å². The van der Waals surface area contributed by atoms with E-state index in [1.807, 2.05) is 60.9 Å². The van der Waals surface area contributed by atoms with Crippen molar-refractivity contribution in [2.75, 3.05) is 26.1 Å². The summed E-state index contributed by atoms with van der Waals surface area (Å²) in [6.07, 6.45) is 12.8. The number of halogens is 3. The normalized spacial score (nSPS) is 18.8. The van der Waals surface area contributed by atoms with Gasteiger partial charge >= 0.3 is 18.0 Å². The Morgan fingerprint density at radius 1 is 0.610 bits per heavy atom. The third-order valence-electron chi connectivity index (χ3n) is 12.2. The van der Waals surface area contributed by atoms with E-state index in [1.54, 1.807) is 60.3 Å². The topological polar surface area (TPSA) is 281 Å². The van der Waals surface area contributed by atoms with Crippen molar-refractivity contribution in [1.82, 2.24) is 41.3 Å². The van der Waals surface area contributed by atoms with Crippen LogP contribution in [0.4, 0.5) is 9.59 Å². The molecule has 5 aromatic rings. The molecule has 2 atom stereocenters. The van der Waals surface area contributed by atoms with Crippen molar-refractivity contribution in [3.8, 4) is 24.7 Å². The van der Waals surface area contributed by atoms with Gasteiger partial charge in [-0.15, -0.1) is 24.6 Å². The molecule has 11 amide bonds. The molecule has 0 saturated carbocycles. The molecule has 0 spiro atoms. The molecule has 6 aliphatic rings. The summed E-state index contributed by atoms with van der Waals surface area (Å²) in [5.74, 6) is 1.36. The summed E-state index contributed by atoms with van der Waals surface area (Å²) in [5.41, 5.74) is 3.00. The van der Waals surface area contributed by atoms with E-state index in [1.165, 1.54) is 9.80 Å². The van der Waals surface area contributed by atoms with E-state index in [9.17, 15) is 47.9 Å². The van der Waals surface area contributed by atoms with Gasteiger partial charge in [-0.2, -0.15) is 0 Å². The fraction of sp³-hybridized carbons (Fsp3) is 0.170. The summed E-state index contributed by atoms with van der Waals surface area (Å²) in [5, 5.41) is 29.1. The standard InChI is InChI=1S/C15H13N3O3S.C14H10IN3O3.C9H7NO3.C8H6INO.C7H5IO2/c1-3-15(13(20)16-14(21)17-15)8-18-7-9-4-5-10(22-2)6-11(9)12(18)19;1-2-14(12(20)16-13(21)17-14)7-18-6-8-3-4-9(15)5-10(8)11(18)19;11-5-10-8(12)6-3-1-2-4-7(6)9(10)13;9-6-2-1-5-4-10-8(11)7(5)3-6;8-6-3-1-2-5(4-6)7(9)10/h1,4-6H,7-8H2,2H3,(H2,16,17,20,21);1,3-5H,6-7H2,(H2,16,17,20,21);1-4,11H,5H2;1-3H,4H2,(H,10,11);1-4H,(H,9,10)/t15-;14-;;;/m11.../s1. The number of terminal acetylenes is 2. The number of urea groups is 2. The molecule has 0 unspecified atom stereocenters. The molecule has 2 fully saturated rings. The summed E-state index contributed by atoms with van der Waals surface area (Å²) >= 11 is 7.96. The molecule has 0 aliphatic carbocycles. The van der Waals surface area contributed by atoms with Crippen LogP contribution in [0.2, 0.25) is 0 Å². The van der Waals surface area contributed by atoms with Gasteiger partial charge in [-0.3, -0.25) is 49.1 Å². The largest absolute Gasteiger partial charge is 0.478 e. The van der Waals surface area contributed by atoms with E-state index in [0.717, 1.165) is 42.8 Å². The van der Waals surface area contributed by atoms with Crippen molar-refractivity contribution in [2.45, 2.75) is 35.6 Å². The molecule has 77 heavy (non-hydrogen) atoms. The zero-order valence-corrected chi connectivity index (χ0v) is 47.4. The number of thioether (sulfide) groups is 1. The SMILES string of the molecule is C#C[C@]1(CN2Cc3ccc(I)cc3C2=O)NC(=O)NC1=O.C#C[C@]1(CN2Cc3ccc(SC)cc3C2=O)NC(=O)NC1=O.O=C(O)c1cccc(I)c1.O=C1NCc2ccc(I)cc21.O=C1c2ccccc2C(=O)N1CO. The number of carbonyl (C=O) groups is 10. The maximum atomic E-state index is 12.5. The zero-order chi connectivity index (χ0) is 55.9. The summed E-state index contributed by atoms with van der Waals surface area (Å²) in [6.45, 7) is 0.763. The number of carboxylic acids is 1. The first kappa shape index (κ1) is 57.3. The van der Waals surface area contributed by atoms with Gasteiger partial charge in [-0.25, -0.2) is 14.4 Å². The Balaban J connectivity index is 0.000000145. The van der Waals surface area contributed by atoms with E-state index in [2.05, 4.69) is 106 Å². The van der Waals surface area contributed by atoms with Crippen LogP contribution in [-0.4, -0.2) is 121 Å². The summed E-state index contributed by atoms with van der Waals surface area (Å²) in [4.78, 5) is 120. The first-order valence-corrected chi connectivity index (χ1v) is 27.0. The molecular weight excluding hydrogens is 1350 g/mol. The van der Waals surface area contributed by atoms with E-state index in [4.69, 9.17) is 23.1 Å². The number of hydrogen-bond acceptors (Lipinski definition) is 12. The van der Waals surface area contributed by atoms with E-state index < -0.39 is 59.5 Å². The second kappa shape index (κ2) is 24.3. The van der Waals surface area contributed by atoms with Gasteiger partial charge in [0.1, 0.15) is 6.73 Å². The lowest BCUT2D eigenvalue weighted by Gasteiger charge is -2.26. The smallest absolute Gasteiger partial charge is 0.335 e. The van der Waals surface area contributed by atoms with Crippen molar-refractivity contribution in [1.29, 1.82) is 0 Å². The molecule has 392 valence electrons. The van der Waals surface area contributed by atoms with Gasteiger partial charge in [0.15, 0.2) is 11.1 Å². The number of nitrogens with zero attached hydrogens (tertiary/aromatic N) is 3. The number of hydrogen-bond donors (Lipinski definition) is 7. The molecule has 6 heterocycles. The first-order chi connectivity index (χ1) is 36.7. The van der Waals surface area contributed by atoms with Crippen LogP contribution in [0.3, 0.4) is 0 Å². The van der Waals surface area contributed by atoms with E-state index >= 15 is 0 Å². The molecule has 2 saturated heterocycles. The van der Waals surface area contributed by atoms with Crippen molar-refractivity contribution < 1.29 is 58.2 Å². The minimum atomic E-state index is -1.50. The molecule has 0 radical (unpaired) electrons. The predicted octanol–water partition coefficient (Wildman–Crippen LogP) is 4.79. The maximum Gasteiger partial charge on any atom is 0.335 e. The number of aliphatic hydroxyl groups excluding tert-OH is 1. The number of amides is 11. The Labute approximate surface area is 484 Å². The van der Waals surface area contributed by atoms with E-state index in [0.29, 0.717) is 47.5 Å². The fourth-order valence-electron chi connectivity index (χ4n) is 8.30. The summed E-state index contributed by atoms with van der Waals surface area (Å²) in [7, 11) is 0. The number of carbonyl (C=O) groups excluding carboxylic acids is 9. The van der Waals surface area contributed by atoms with Gasteiger partial charge < -0.3 is 36.0 Å². The van der Waals surface area contributed by atoms with Gasteiger partial charge in [0, 0.05) is 51.9 Å². The van der Waals surface area contributed by atoms with Crippen LogP contribution >= 0.6 is 79.5 Å². The van der Waals surface area contributed by atoms with Crippen LogP contribution in [0.25, 0.3) is 0 Å². The Morgan fingerprint density at radius 2 is 1.09 bits per heavy atom. The van der Waals surface area contributed by atoms with Crippen LogP contribution < -0.4 is 26.6 Å². The number of aliphatic hydroxyl groups is 1. The number of rotatable bonds is 7. The number of imide groups is 3. The lowest BCUT2D eigenvalue weighted by atomic mass is 10.0. The average molecular weight is 1390 g/mol. The van der Waals surface area contributed by atoms with Gasteiger partial charge in [-0.05, 0) is 157 Å². The molecule has 7 N–H and O–H groups in total. The van der Waals surface area contributed by atoms with Gasteiger partial charge in [0.2, 0.25) is 0 Å². The van der Waals surface area contributed by atoms with Crippen molar-refractivity contribution in [3.63, 3.8) is 0 Å². The first-order valence-electron chi connectivity index (χ1n) is 22.5. The lowest BCUT2D eigenvalue weighted by Crippen LogP contribution is -2.54. The Kier molecular flexibility index (Phi) is 18.1. The predicted molar refractivity (Wildman–Crippen MR) is 304 cm³/mol. The number of fused-ring (bicyclic) bond motifs is 4. The Bertz CT molecular complexity index is 3400. The molecule has 0 bridgehead atoms. The highest BCUT2D eigenvalue weighted by Crippen LogP contribution is 2.30. The van der Waals surface area contributed by atoms with E-state index in [-0.39, 0.29) is 30.8 Å². The number of nitrogens with one attached hydrogen (secondary N) is 5. The number of carboxylic acid groups (broad SMARTS) is 1. The number of benzene rings is 5. The van der Waals surface area contributed by atoms with Gasteiger partial charge in [0.25, 0.3) is 41.4 Å². The minimum absolute atomic E-state index is 0.0504. The fourth-order valence-corrected chi connectivity index (χ4v) is 10.3. The van der Waals surface area contributed by atoms with Gasteiger partial charge in [-0.1, -0.05) is 48.2 Å². The molecule has 11 rings (SSSR count). The Morgan fingerprint density at radius 3 is 1.53 bits per heavy atom. The second-order valence-corrected chi connectivity index (χ2v) is 21.7. The third kappa shape index (κ3) is 12.6.